The van der Waals surface area contributed by atoms with E-state index in [1.807, 2.05) is 82.3 Å². The Labute approximate surface area is 195 Å². The lowest BCUT2D eigenvalue weighted by atomic mass is 9.79. The third kappa shape index (κ3) is 7.76. The number of benzene rings is 3. The first kappa shape index (κ1) is 27.3. The molecule has 0 aliphatic carbocycles. The molecule has 0 unspecified atom stereocenters. The molecule has 0 amide bonds. The van der Waals surface area contributed by atoms with Crippen LogP contribution in [0.5, 0.6) is 0 Å². The Balaban J connectivity index is 0.000000769. The van der Waals surface area contributed by atoms with Gasteiger partial charge in [-0.1, -0.05) is 139 Å². The maximum absolute atomic E-state index is 11.5. The molecule has 0 bridgehead atoms. The zero-order chi connectivity index (χ0) is 24.0. The molecule has 2 heteroatoms. The first-order chi connectivity index (χ1) is 15.3. The third-order valence-electron chi connectivity index (χ3n) is 4.52. The SMILES string of the molecule is CC.CC(C)(C=O)COC(c1ccccc1)(c1ccccc1)c1ccccc1.CC(C)C. The molecule has 0 radical (unpaired) electrons. The summed E-state index contributed by atoms with van der Waals surface area (Å²) in [6.07, 6.45) is 0.957. The van der Waals surface area contributed by atoms with Gasteiger partial charge in [0.2, 0.25) is 0 Å². The van der Waals surface area contributed by atoms with Crippen molar-refractivity contribution in [2.24, 2.45) is 11.3 Å². The summed E-state index contributed by atoms with van der Waals surface area (Å²) in [6, 6.07) is 30.6. The van der Waals surface area contributed by atoms with Crippen LogP contribution >= 0.6 is 0 Å². The monoisotopic (exact) mass is 432 g/mol. The van der Waals surface area contributed by atoms with Crippen molar-refractivity contribution < 1.29 is 9.53 Å². The highest BCUT2D eigenvalue weighted by Crippen LogP contribution is 2.41. The Hall–Kier alpha value is -2.71. The van der Waals surface area contributed by atoms with Gasteiger partial charge in [0, 0.05) is 5.41 Å². The highest BCUT2D eigenvalue weighted by molar-refractivity contribution is 5.58. The Morgan fingerprint density at radius 2 is 0.969 bits per heavy atom. The van der Waals surface area contributed by atoms with Crippen molar-refractivity contribution in [2.75, 3.05) is 6.61 Å². The molecule has 0 spiro atoms. The number of hydrogen-bond donors (Lipinski definition) is 0. The molecule has 3 rings (SSSR count). The normalized spacial score (nSPS) is 11.0. The van der Waals surface area contributed by atoms with Crippen molar-refractivity contribution in [1.82, 2.24) is 0 Å². The largest absolute Gasteiger partial charge is 0.360 e. The fourth-order valence-corrected chi connectivity index (χ4v) is 3.10. The zero-order valence-corrected chi connectivity index (χ0v) is 20.8. The molecule has 0 fully saturated rings. The number of rotatable bonds is 7. The standard InChI is InChI=1S/C24H24O2.C4H10.C2H6/c1-23(2,18-25)19-26-24(20-12-6-3-7-13-20,21-14-8-4-9-15-21)22-16-10-5-11-17-22;1-4(2)3;1-2/h3-18H,19H2,1-2H3;4H,1-3H3;1-2H3. The van der Waals surface area contributed by atoms with Crippen LogP contribution in [0.3, 0.4) is 0 Å². The molecule has 0 heterocycles. The highest BCUT2D eigenvalue weighted by Gasteiger charge is 2.39. The van der Waals surface area contributed by atoms with E-state index in [4.69, 9.17) is 4.74 Å². The van der Waals surface area contributed by atoms with E-state index in [9.17, 15) is 4.79 Å². The van der Waals surface area contributed by atoms with Gasteiger partial charge >= 0.3 is 0 Å². The van der Waals surface area contributed by atoms with Crippen LogP contribution in [0, 0.1) is 11.3 Å². The average Bonchev–Trinajstić information content (AvgIpc) is 2.82. The van der Waals surface area contributed by atoms with Gasteiger partial charge in [-0.05, 0) is 22.6 Å². The smallest absolute Gasteiger partial charge is 0.143 e. The minimum Gasteiger partial charge on any atom is -0.360 e. The number of ether oxygens (including phenoxy) is 1. The second kappa shape index (κ2) is 13.6. The molecule has 172 valence electrons. The molecular weight excluding hydrogens is 392 g/mol. The van der Waals surface area contributed by atoms with E-state index in [1.165, 1.54) is 0 Å². The van der Waals surface area contributed by atoms with Gasteiger partial charge < -0.3 is 9.53 Å². The predicted molar refractivity (Wildman–Crippen MR) is 137 cm³/mol. The molecule has 0 saturated carbocycles. The average molecular weight is 433 g/mol. The van der Waals surface area contributed by atoms with Gasteiger partial charge in [-0.2, -0.15) is 0 Å². The van der Waals surface area contributed by atoms with Crippen molar-refractivity contribution in [3.63, 3.8) is 0 Å². The molecule has 0 N–H and O–H groups in total. The minimum atomic E-state index is -0.774. The fraction of sp³-hybridized carbons (Fsp3) is 0.367. The summed E-state index contributed by atoms with van der Waals surface area (Å²) in [7, 11) is 0. The zero-order valence-electron chi connectivity index (χ0n) is 20.8. The van der Waals surface area contributed by atoms with Gasteiger partial charge in [0.05, 0.1) is 6.61 Å². The van der Waals surface area contributed by atoms with E-state index < -0.39 is 11.0 Å². The lowest BCUT2D eigenvalue weighted by Gasteiger charge is -2.37. The van der Waals surface area contributed by atoms with Crippen molar-refractivity contribution in [3.05, 3.63) is 108 Å². The van der Waals surface area contributed by atoms with Crippen LogP contribution in [0.15, 0.2) is 91.0 Å². The molecular formula is C30H40O2. The van der Waals surface area contributed by atoms with Crippen LogP contribution in [0.25, 0.3) is 0 Å². The summed E-state index contributed by atoms with van der Waals surface area (Å²) in [6.45, 7) is 14.6. The van der Waals surface area contributed by atoms with E-state index in [0.29, 0.717) is 6.61 Å². The molecule has 2 nitrogen and oxygen atoms in total. The van der Waals surface area contributed by atoms with E-state index in [-0.39, 0.29) is 0 Å². The first-order valence-electron chi connectivity index (χ1n) is 11.6. The summed E-state index contributed by atoms with van der Waals surface area (Å²) in [5, 5.41) is 0. The molecule has 32 heavy (non-hydrogen) atoms. The van der Waals surface area contributed by atoms with Crippen LogP contribution < -0.4 is 0 Å². The Morgan fingerprint density at radius 3 is 1.22 bits per heavy atom. The van der Waals surface area contributed by atoms with E-state index >= 15 is 0 Å². The number of aldehydes is 1. The maximum atomic E-state index is 11.5. The Morgan fingerprint density at radius 1 is 0.688 bits per heavy atom. The van der Waals surface area contributed by atoms with Crippen LogP contribution in [-0.2, 0) is 15.1 Å². The number of hydrogen-bond acceptors (Lipinski definition) is 2. The molecule has 3 aromatic carbocycles. The minimum absolute atomic E-state index is 0.315. The van der Waals surface area contributed by atoms with E-state index in [1.54, 1.807) is 0 Å². The molecule has 0 aliphatic rings. The topological polar surface area (TPSA) is 26.3 Å². The predicted octanol–water partition coefficient (Wildman–Crippen LogP) is 7.91. The second-order valence-corrected chi connectivity index (χ2v) is 8.91. The molecule has 0 saturated heterocycles. The van der Waals surface area contributed by atoms with Crippen molar-refractivity contribution >= 4 is 6.29 Å². The van der Waals surface area contributed by atoms with Crippen LogP contribution in [0.1, 0.15) is 65.2 Å². The summed E-state index contributed by atoms with van der Waals surface area (Å²) in [4.78, 5) is 11.5. The summed E-state index contributed by atoms with van der Waals surface area (Å²) in [5.74, 6) is 0.833. The summed E-state index contributed by atoms with van der Waals surface area (Å²) in [5.41, 5.74) is 1.78. The van der Waals surface area contributed by atoms with E-state index in [0.717, 1.165) is 28.9 Å². The number of carbonyl (C=O) groups is 1. The lowest BCUT2D eigenvalue weighted by molar-refractivity contribution is -0.120. The van der Waals surface area contributed by atoms with Gasteiger partial charge in [0.15, 0.2) is 0 Å². The second-order valence-electron chi connectivity index (χ2n) is 8.91. The van der Waals surface area contributed by atoms with Crippen LogP contribution in [0.2, 0.25) is 0 Å². The third-order valence-corrected chi connectivity index (χ3v) is 4.52. The summed E-state index contributed by atoms with van der Waals surface area (Å²) >= 11 is 0. The van der Waals surface area contributed by atoms with Crippen molar-refractivity contribution in [3.8, 4) is 0 Å². The van der Waals surface area contributed by atoms with Gasteiger partial charge in [-0.25, -0.2) is 0 Å². The fourth-order valence-electron chi connectivity index (χ4n) is 3.10. The maximum Gasteiger partial charge on any atom is 0.143 e. The van der Waals surface area contributed by atoms with Gasteiger partial charge in [0.25, 0.3) is 0 Å². The van der Waals surface area contributed by atoms with E-state index in [2.05, 4.69) is 57.2 Å². The van der Waals surface area contributed by atoms with Crippen LogP contribution in [-0.4, -0.2) is 12.9 Å². The molecule has 0 aliphatic heterocycles. The molecule has 0 aromatic heterocycles. The Bertz CT molecular complexity index is 769. The number of carbonyl (C=O) groups excluding carboxylic acids is 1. The van der Waals surface area contributed by atoms with Crippen molar-refractivity contribution in [1.29, 1.82) is 0 Å². The molecule has 3 aromatic rings. The lowest BCUT2D eigenvalue weighted by Crippen LogP contribution is -2.36. The molecule has 0 atom stereocenters. The van der Waals surface area contributed by atoms with Crippen molar-refractivity contribution in [2.45, 2.75) is 54.1 Å². The van der Waals surface area contributed by atoms with Gasteiger partial charge in [-0.3, -0.25) is 0 Å². The quantitative estimate of drug-likeness (QED) is 0.280. The highest BCUT2D eigenvalue weighted by atomic mass is 16.5. The first-order valence-corrected chi connectivity index (χ1v) is 11.6. The Kier molecular flexibility index (Phi) is 11.7. The van der Waals surface area contributed by atoms with Gasteiger partial charge in [0.1, 0.15) is 11.9 Å². The summed E-state index contributed by atoms with van der Waals surface area (Å²) < 4.78 is 6.61. The van der Waals surface area contributed by atoms with Crippen LogP contribution in [0.4, 0.5) is 0 Å². The van der Waals surface area contributed by atoms with Gasteiger partial charge in [-0.15, -0.1) is 0 Å².